The van der Waals surface area contributed by atoms with E-state index in [9.17, 15) is 4.79 Å². The zero-order chi connectivity index (χ0) is 13.4. The quantitative estimate of drug-likeness (QED) is 0.721. The molecule has 1 heterocycles. The first-order valence-corrected chi connectivity index (χ1v) is 6.05. The van der Waals surface area contributed by atoms with E-state index < -0.39 is 0 Å². The molecule has 19 heavy (non-hydrogen) atoms. The molecular formula is C16H13NO2. The van der Waals surface area contributed by atoms with Crippen LogP contribution in [0.5, 0.6) is 0 Å². The molecule has 0 atom stereocenters. The topological polar surface area (TPSA) is 56.2 Å². The molecule has 3 nitrogen and oxygen atoms in total. The summed E-state index contributed by atoms with van der Waals surface area (Å²) in [6.45, 7) is 2.00. The predicted octanol–water partition coefficient (Wildman–Crippen LogP) is 3.35. The molecular weight excluding hydrogens is 238 g/mol. The van der Waals surface area contributed by atoms with Gasteiger partial charge in [0.1, 0.15) is 5.58 Å². The lowest BCUT2D eigenvalue weighted by molar-refractivity contribution is 0.626. The maximum absolute atomic E-state index is 12.5. The molecule has 0 fully saturated rings. The van der Waals surface area contributed by atoms with Crippen LogP contribution in [0.3, 0.4) is 0 Å². The highest BCUT2D eigenvalue weighted by molar-refractivity contribution is 5.86. The summed E-state index contributed by atoms with van der Waals surface area (Å²) in [7, 11) is 0. The molecule has 0 unspecified atom stereocenters. The van der Waals surface area contributed by atoms with Gasteiger partial charge in [0, 0.05) is 0 Å². The Labute approximate surface area is 110 Å². The van der Waals surface area contributed by atoms with Gasteiger partial charge in [-0.2, -0.15) is 0 Å². The van der Waals surface area contributed by atoms with Crippen LogP contribution in [-0.4, -0.2) is 0 Å². The summed E-state index contributed by atoms with van der Waals surface area (Å²) in [4.78, 5) is 12.5. The number of anilines is 1. The SMILES string of the molecule is Cc1ccc(-c2c(N)oc3ccccc3c2=O)cc1. The fraction of sp³-hybridized carbons (Fsp3) is 0.0625. The zero-order valence-corrected chi connectivity index (χ0v) is 10.5. The second-order valence-corrected chi connectivity index (χ2v) is 4.53. The van der Waals surface area contributed by atoms with E-state index in [-0.39, 0.29) is 11.3 Å². The number of hydrogen-bond acceptors (Lipinski definition) is 3. The highest BCUT2D eigenvalue weighted by Crippen LogP contribution is 2.26. The predicted molar refractivity (Wildman–Crippen MR) is 77.1 cm³/mol. The molecule has 2 aromatic carbocycles. The van der Waals surface area contributed by atoms with Crippen LogP contribution in [0.1, 0.15) is 5.56 Å². The largest absolute Gasteiger partial charge is 0.440 e. The summed E-state index contributed by atoms with van der Waals surface area (Å²) in [6.07, 6.45) is 0. The van der Waals surface area contributed by atoms with Crippen LogP contribution < -0.4 is 11.2 Å². The van der Waals surface area contributed by atoms with Crippen molar-refractivity contribution in [3.05, 3.63) is 64.3 Å². The van der Waals surface area contributed by atoms with Gasteiger partial charge in [0.25, 0.3) is 0 Å². The first kappa shape index (κ1) is 11.5. The summed E-state index contributed by atoms with van der Waals surface area (Å²) in [5.41, 5.74) is 8.65. The van der Waals surface area contributed by atoms with E-state index in [1.54, 1.807) is 12.1 Å². The van der Waals surface area contributed by atoms with Crippen molar-refractivity contribution in [2.24, 2.45) is 0 Å². The average molecular weight is 251 g/mol. The Morgan fingerprint density at radius 2 is 1.68 bits per heavy atom. The molecule has 0 spiro atoms. The number of nitrogen functional groups attached to an aromatic ring is 1. The Bertz CT molecular complexity index is 801. The molecule has 3 rings (SSSR count). The molecule has 1 aromatic heterocycles. The minimum absolute atomic E-state index is 0.0943. The minimum Gasteiger partial charge on any atom is -0.440 e. The second kappa shape index (κ2) is 4.28. The van der Waals surface area contributed by atoms with E-state index in [1.807, 2.05) is 43.3 Å². The molecule has 94 valence electrons. The molecule has 0 bridgehead atoms. The number of rotatable bonds is 1. The fourth-order valence-corrected chi connectivity index (χ4v) is 2.15. The molecule has 0 saturated heterocycles. The monoisotopic (exact) mass is 251 g/mol. The van der Waals surface area contributed by atoms with Crippen molar-refractivity contribution >= 4 is 16.9 Å². The van der Waals surface area contributed by atoms with Gasteiger partial charge in [0.2, 0.25) is 11.3 Å². The third kappa shape index (κ3) is 1.89. The van der Waals surface area contributed by atoms with Crippen LogP contribution in [0.2, 0.25) is 0 Å². The van der Waals surface area contributed by atoms with E-state index in [4.69, 9.17) is 10.2 Å². The Kier molecular flexibility index (Phi) is 2.60. The van der Waals surface area contributed by atoms with Crippen LogP contribution in [0.25, 0.3) is 22.1 Å². The van der Waals surface area contributed by atoms with Crippen LogP contribution in [0.15, 0.2) is 57.7 Å². The fourth-order valence-electron chi connectivity index (χ4n) is 2.15. The van der Waals surface area contributed by atoms with E-state index >= 15 is 0 Å². The number of nitrogens with two attached hydrogens (primary N) is 1. The molecule has 2 N–H and O–H groups in total. The minimum atomic E-state index is -0.0943. The molecule has 0 aliphatic heterocycles. The Hall–Kier alpha value is -2.55. The summed E-state index contributed by atoms with van der Waals surface area (Å²) in [5, 5.41) is 0.548. The van der Waals surface area contributed by atoms with Gasteiger partial charge in [-0.1, -0.05) is 42.0 Å². The van der Waals surface area contributed by atoms with Crippen molar-refractivity contribution in [2.45, 2.75) is 6.92 Å². The lowest BCUT2D eigenvalue weighted by Gasteiger charge is -2.06. The summed E-state index contributed by atoms with van der Waals surface area (Å²) >= 11 is 0. The highest BCUT2D eigenvalue weighted by atomic mass is 16.3. The standard InChI is InChI=1S/C16H13NO2/c1-10-6-8-11(9-7-10)14-15(18)12-4-2-3-5-13(12)19-16(14)17/h2-9H,17H2,1H3. The van der Waals surface area contributed by atoms with Gasteiger partial charge < -0.3 is 10.2 Å². The Balaban J connectivity index is 2.35. The van der Waals surface area contributed by atoms with Gasteiger partial charge in [-0.15, -0.1) is 0 Å². The van der Waals surface area contributed by atoms with Crippen molar-refractivity contribution in [3.8, 4) is 11.1 Å². The number of para-hydroxylation sites is 1. The van der Waals surface area contributed by atoms with Crippen molar-refractivity contribution < 1.29 is 4.42 Å². The Morgan fingerprint density at radius 3 is 2.42 bits per heavy atom. The lowest BCUT2D eigenvalue weighted by atomic mass is 10.0. The van der Waals surface area contributed by atoms with Gasteiger partial charge in [-0.05, 0) is 24.6 Å². The van der Waals surface area contributed by atoms with E-state index in [0.717, 1.165) is 11.1 Å². The van der Waals surface area contributed by atoms with Crippen LogP contribution >= 0.6 is 0 Å². The second-order valence-electron chi connectivity index (χ2n) is 4.53. The van der Waals surface area contributed by atoms with Gasteiger partial charge in [0.05, 0.1) is 10.9 Å². The van der Waals surface area contributed by atoms with E-state index in [2.05, 4.69) is 0 Å². The zero-order valence-electron chi connectivity index (χ0n) is 10.5. The maximum Gasteiger partial charge on any atom is 0.202 e. The number of benzene rings is 2. The molecule has 0 aliphatic rings. The average Bonchev–Trinajstić information content (AvgIpc) is 2.41. The third-order valence-corrected chi connectivity index (χ3v) is 3.17. The summed E-state index contributed by atoms with van der Waals surface area (Å²) < 4.78 is 5.54. The molecule has 3 aromatic rings. The molecule has 3 heteroatoms. The normalized spacial score (nSPS) is 10.8. The van der Waals surface area contributed by atoms with Gasteiger partial charge >= 0.3 is 0 Å². The lowest BCUT2D eigenvalue weighted by Crippen LogP contribution is -2.08. The van der Waals surface area contributed by atoms with Crippen LogP contribution in [0.4, 0.5) is 5.88 Å². The van der Waals surface area contributed by atoms with Crippen molar-refractivity contribution in [1.29, 1.82) is 0 Å². The highest BCUT2D eigenvalue weighted by Gasteiger charge is 2.13. The third-order valence-electron chi connectivity index (χ3n) is 3.17. The van der Waals surface area contributed by atoms with Gasteiger partial charge in [-0.25, -0.2) is 0 Å². The number of fused-ring (bicyclic) bond motifs is 1. The molecule has 0 amide bonds. The maximum atomic E-state index is 12.5. The molecule has 0 saturated carbocycles. The van der Waals surface area contributed by atoms with Gasteiger partial charge in [-0.3, -0.25) is 4.79 Å². The number of aryl methyl sites for hydroxylation is 1. The summed E-state index contributed by atoms with van der Waals surface area (Å²) in [6, 6.07) is 14.8. The van der Waals surface area contributed by atoms with Crippen LogP contribution in [-0.2, 0) is 0 Å². The molecule has 0 radical (unpaired) electrons. The van der Waals surface area contributed by atoms with E-state index in [0.29, 0.717) is 16.5 Å². The van der Waals surface area contributed by atoms with E-state index in [1.165, 1.54) is 0 Å². The smallest absolute Gasteiger partial charge is 0.202 e. The van der Waals surface area contributed by atoms with Crippen molar-refractivity contribution in [2.75, 3.05) is 5.73 Å². The van der Waals surface area contributed by atoms with Crippen LogP contribution in [0, 0.1) is 6.92 Å². The summed E-state index contributed by atoms with van der Waals surface area (Å²) in [5.74, 6) is 0.160. The van der Waals surface area contributed by atoms with Crippen molar-refractivity contribution in [3.63, 3.8) is 0 Å². The Morgan fingerprint density at radius 1 is 1.00 bits per heavy atom. The molecule has 0 aliphatic carbocycles. The van der Waals surface area contributed by atoms with Gasteiger partial charge in [0.15, 0.2) is 0 Å². The van der Waals surface area contributed by atoms with Crippen molar-refractivity contribution in [1.82, 2.24) is 0 Å². The number of hydrogen-bond donors (Lipinski definition) is 1. The first-order valence-electron chi connectivity index (χ1n) is 6.05. The first-order chi connectivity index (χ1) is 9.16.